The van der Waals surface area contributed by atoms with Gasteiger partial charge in [0.2, 0.25) is 10.0 Å². The van der Waals surface area contributed by atoms with Crippen molar-refractivity contribution >= 4 is 21.6 Å². The van der Waals surface area contributed by atoms with E-state index in [1.165, 1.54) is 40.7 Å². The highest BCUT2D eigenvalue weighted by atomic mass is 32.2. The topological polar surface area (TPSA) is 75.7 Å². The summed E-state index contributed by atoms with van der Waals surface area (Å²) in [5.74, 6) is -0.781. The van der Waals surface area contributed by atoms with Crippen LogP contribution in [-0.2, 0) is 10.0 Å². The Balaban J connectivity index is 1.83. The van der Waals surface area contributed by atoms with E-state index < -0.39 is 28.7 Å². The second kappa shape index (κ2) is 9.50. The standard InChI is InChI=1S/C22H25F3N2O4S/c1-15-9-10-19(20(12-15)31-14-22(23,24)25)26-21(28)17-7-5-8-18(13-17)32(29,30)27-11-4-3-6-16(27)2/h5,7-10,12-13,16H,3-4,6,11,14H2,1-2H3,(H,26,28). The average Bonchev–Trinajstić information content (AvgIpc) is 2.73. The maximum absolute atomic E-state index is 13.1. The zero-order valence-corrected chi connectivity index (χ0v) is 18.6. The summed E-state index contributed by atoms with van der Waals surface area (Å²) >= 11 is 0. The van der Waals surface area contributed by atoms with Crippen LogP contribution in [0.3, 0.4) is 0 Å². The Kier molecular flexibility index (Phi) is 7.14. The third-order valence-electron chi connectivity index (χ3n) is 5.22. The van der Waals surface area contributed by atoms with Crippen molar-refractivity contribution in [2.75, 3.05) is 18.5 Å². The first-order valence-corrected chi connectivity index (χ1v) is 11.6. The monoisotopic (exact) mass is 470 g/mol. The third kappa shape index (κ3) is 5.80. The number of piperidine rings is 1. The van der Waals surface area contributed by atoms with E-state index in [0.29, 0.717) is 12.1 Å². The van der Waals surface area contributed by atoms with Crippen LogP contribution in [0.2, 0.25) is 0 Å². The summed E-state index contributed by atoms with van der Waals surface area (Å²) < 4.78 is 70.1. The molecule has 1 heterocycles. The van der Waals surface area contributed by atoms with Crippen molar-refractivity contribution in [1.82, 2.24) is 4.31 Å². The molecule has 3 rings (SSSR count). The number of nitrogens with one attached hydrogen (secondary N) is 1. The van der Waals surface area contributed by atoms with E-state index in [1.807, 2.05) is 6.92 Å². The molecule has 1 amide bonds. The summed E-state index contributed by atoms with van der Waals surface area (Å²) in [4.78, 5) is 12.8. The molecule has 32 heavy (non-hydrogen) atoms. The highest BCUT2D eigenvalue weighted by Crippen LogP contribution is 2.29. The Morgan fingerprint density at radius 3 is 2.62 bits per heavy atom. The molecule has 0 spiro atoms. The molecule has 0 saturated carbocycles. The van der Waals surface area contributed by atoms with Gasteiger partial charge in [-0.05, 0) is 62.6 Å². The van der Waals surface area contributed by atoms with E-state index in [4.69, 9.17) is 4.74 Å². The number of amides is 1. The number of benzene rings is 2. The van der Waals surface area contributed by atoms with E-state index in [1.54, 1.807) is 13.0 Å². The summed E-state index contributed by atoms with van der Waals surface area (Å²) in [6.45, 7) is 2.46. The van der Waals surface area contributed by atoms with E-state index in [-0.39, 0.29) is 27.9 Å². The predicted molar refractivity (Wildman–Crippen MR) is 114 cm³/mol. The van der Waals surface area contributed by atoms with Gasteiger partial charge in [0.1, 0.15) is 5.75 Å². The molecule has 10 heteroatoms. The Morgan fingerprint density at radius 1 is 1.19 bits per heavy atom. The van der Waals surface area contributed by atoms with Gasteiger partial charge in [-0.3, -0.25) is 4.79 Å². The van der Waals surface area contributed by atoms with Gasteiger partial charge in [-0.1, -0.05) is 18.6 Å². The molecular formula is C22H25F3N2O4S. The number of sulfonamides is 1. The van der Waals surface area contributed by atoms with Crippen LogP contribution in [0, 0.1) is 6.92 Å². The van der Waals surface area contributed by atoms with Crippen LogP contribution in [0.4, 0.5) is 18.9 Å². The first-order chi connectivity index (χ1) is 15.0. The van der Waals surface area contributed by atoms with Crippen molar-refractivity contribution in [1.29, 1.82) is 0 Å². The fourth-order valence-electron chi connectivity index (χ4n) is 3.57. The van der Waals surface area contributed by atoms with Crippen LogP contribution in [-0.4, -0.2) is 44.0 Å². The maximum Gasteiger partial charge on any atom is 0.422 e. The molecular weight excluding hydrogens is 445 g/mol. The summed E-state index contributed by atoms with van der Waals surface area (Å²) in [6, 6.07) is 9.93. The van der Waals surface area contributed by atoms with Gasteiger partial charge in [0.05, 0.1) is 10.6 Å². The van der Waals surface area contributed by atoms with Gasteiger partial charge < -0.3 is 10.1 Å². The van der Waals surface area contributed by atoms with Gasteiger partial charge in [0.15, 0.2) is 6.61 Å². The number of carbonyl (C=O) groups is 1. The Labute approximate surface area is 185 Å². The number of hydrogen-bond acceptors (Lipinski definition) is 4. The SMILES string of the molecule is Cc1ccc(NC(=O)c2cccc(S(=O)(=O)N3CCCCC3C)c2)c(OCC(F)(F)F)c1. The maximum atomic E-state index is 13.1. The van der Waals surface area contributed by atoms with Crippen LogP contribution < -0.4 is 10.1 Å². The van der Waals surface area contributed by atoms with Crippen molar-refractivity contribution in [3.8, 4) is 5.75 Å². The number of hydrogen-bond donors (Lipinski definition) is 1. The van der Waals surface area contributed by atoms with Gasteiger partial charge in [-0.2, -0.15) is 17.5 Å². The number of carbonyl (C=O) groups excluding carboxylic acids is 1. The molecule has 1 aliphatic rings. The first-order valence-electron chi connectivity index (χ1n) is 10.2. The summed E-state index contributed by atoms with van der Waals surface area (Å²) in [7, 11) is -3.78. The van der Waals surface area contributed by atoms with Crippen LogP contribution in [0.5, 0.6) is 5.75 Å². The zero-order chi connectivity index (χ0) is 23.5. The molecule has 174 valence electrons. The van der Waals surface area contributed by atoms with Gasteiger partial charge in [-0.25, -0.2) is 8.42 Å². The molecule has 1 N–H and O–H groups in total. The number of nitrogens with zero attached hydrogens (tertiary/aromatic N) is 1. The molecule has 2 aromatic carbocycles. The Bertz CT molecular complexity index is 1090. The number of aryl methyl sites for hydroxylation is 1. The predicted octanol–water partition coefficient (Wildman–Crippen LogP) is 4.75. The lowest BCUT2D eigenvalue weighted by molar-refractivity contribution is -0.153. The molecule has 1 fully saturated rings. The molecule has 0 aromatic heterocycles. The fraction of sp³-hybridized carbons (Fsp3) is 0.409. The molecule has 0 aliphatic carbocycles. The average molecular weight is 471 g/mol. The van der Waals surface area contributed by atoms with Gasteiger partial charge >= 0.3 is 6.18 Å². The number of ether oxygens (including phenoxy) is 1. The highest BCUT2D eigenvalue weighted by Gasteiger charge is 2.31. The van der Waals surface area contributed by atoms with Crippen molar-refractivity contribution in [2.24, 2.45) is 0 Å². The lowest BCUT2D eigenvalue weighted by Crippen LogP contribution is -2.41. The van der Waals surface area contributed by atoms with E-state index in [0.717, 1.165) is 19.3 Å². The number of anilines is 1. The van der Waals surface area contributed by atoms with Crippen molar-refractivity contribution in [3.05, 3.63) is 53.6 Å². The van der Waals surface area contributed by atoms with E-state index in [9.17, 15) is 26.4 Å². The lowest BCUT2D eigenvalue weighted by atomic mass is 10.1. The van der Waals surface area contributed by atoms with Crippen LogP contribution in [0.25, 0.3) is 0 Å². The summed E-state index contributed by atoms with van der Waals surface area (Å²) in [5.41, 5.74) is 0.782. The Hall–Kier alpha value is -2.59. The number of alkyl halides is 3. The largest absolute Gasteiger partial charge is 0.482 e. The first kappa shape index (κ1) is 24.1. The van der Waals surface area contributed by atoms with Crippen molar-refractivity contribution < 1.29 is 31.1 Å². The fourth-order valence-corrected chi connectivity index (χ4v) is 5.31. The normalized spacial score (nSPS) is 17.7. The second-order valence-electron chi connectivity index (χ2n) is 7.85. The van der Waals surface area contributed by atoms with Crippen LogP contribution in [0.1, 0.15) is 42.1 Å². The van der Waals surface area contributed by atoms with Gasteiger partial charge in [-0.15, -0.1) is 0 Å². The summed E-state index contributed by atoms with van der Waals surface area (Å²) in [6.07, 6.45) is -2.02. The van der Waals surface area contributed by atoms with Gasteiger partial charge in [0.25, 0.3) is 5.91 Å². The van der Waals surface area contributed by atoms with E-state index in [2.05, 4.69) is 5.32 Å². The third-order valence-corrected chi connectivity index (χ3v) is 7.23. The van der Waals surface area contributed by atoms with Gasteiger partial charge in [0, 0.05) is 18.2 Å². The minimum Gasteiger partial charge on any atom is -0.482 e. The minimum absolute atomic E-state index is 0.00338. The quantitative estimate of drug-likeness (QED) is 0.661. The molecule has 1 saturated heterocycles. The molecule has 2 aromatic rings. The van der Waals surface area contributed by atoms with Crippen molar-refractivity contribution in [3.63, 3.8) is 0 Å². The molecule has 1 aliphatic heterocycles. The number of rotatable bonds is 6. The summed E-state index contributed by atoms with van der Waals surface area (Å²) in [5, 5.41) is 2.52. The molecule has 0 bridgehead atoms. The van der Waals surface area contributed by atoms with Crippen LogP contribution >= 0.6 is 0 Å². The highest BCUT2D eigenvalue weighted by molar-refractivity contribution is 7.89. The van der Waals surface area contributed by atoms with Crippen LogP contribution in [0.15, 0.2) is 47.4 Å². The lowest BCUT2D eigenvalue weighted by Gasteiger charge is -2.32. The zero-order valence-electron chi connectivity index (χ0n) is 17.8. The Morgan fingerprint density at radius 2 is 1.94 bits per heavy atom. The smallest absolute Gasteiger partial charge is 0.422 e. The number of halogens is 3. The van der Waals surface area contributed by atoms with Crippen molar-refractivity contribution in [2.45, 2.75) is 50.2 Å². The molecule has 1 atom stereocenters. The minimum atomic E-state index is -4.53. The molecule has 6 nitrogen and oxygen atoms in total. The van der Waals surface area contributed by atoms with E-state index >= 15 is 0 Å². The second-order valence-corrected chi connectivity index (χ2v) is 9.74. The molecule has 0 radical (unpaired) electrons. The molecule has 1 unspecified atom stereocenters.